The van der Waals surface area contributed by atoms with Crippen molar-refractivity contribution in [3.8, 4) is 0 Å². The van der Waals surface area contributed by atoms with Crippen molar-refractivity contribution in [1.29, 1.82) is 0 Å². The van der Waals surface area contributed by atoms with Crippen molar-refractivity contribution in [2.75, 3.05) is 0 Å². The molecule has 3 aliphatic carbocycles. The normalized spacial score (nSPS) is 36.8. The van der Waals surface area contributed by atoms with Crippen LogP contribution in [-0.2, 0) is 0 Å². The average molecular weight is 352 g/mol. The number of nitrogens with one attached hydrogen (secondary N) is 1. The van der Waals surface area contributed by atoms with E-state index in [2.05, 4.69) is 21.2 Å². The molecule has 5 unspecified atom stereocenters. The van der Waals surface area contributed by atoms with Crippen molar-refractivity contribution < 1.29 is 9.18 Å². The first-order valence-corrected chi connectivity index (χ1v) is 8.68. The van der Waals surface area contributed by atoms with Gasteiger partial charge in [0.15, 0.2) is 0 Å². The summed E-state index contributed by atoms with van der Waals surface area (Å²) in [5.41, 5.74) is 0.403. The van der Waals surface area contributed by atoms with Crippen molar-refractivity contribution in [3.05, 3.63) is 34.1 Å². The van der Waals surface area contributed by atoms with Crippen LogP contribution in [0.25, 0.3) is 0 Å². The van der Waals surface area contributed by atoms with Crippen LogP contribution in [-0.4, -0.2) is 11.9 Å². The van der Waals surface area contributed by atoms with E-state index in [0.29, 0.717) is 16.0 Å². The second-order valence-electron chi connectivity index (χ2n) is 6.86. The molecule has 4 heteroatoms. The fourth-order valence-corrected chi connectivity index (χ4v) is 5.58. The van der Waals surface area contributed by atoms with Gasteiger partial charge in [-0.05, 0) is 83.5 Å². The highest BCUT2D eigenvalue weighted by Gasteiger charge is 2.54. The Bertz CT molecular complexity index is 590. The van der Waals surface area contributed by atoms with Crippen molar-refractivity contribution >= 4 is 21.8 Å². The van der Waals surface area contributed by atoms with E-state index >= 15 is 0 Å². The summed E-state index contributed by atoms with van der Waals surface area (Å²) in [4.78, 5) is 12.4. The van der Waals surface area contributed by atoms with Crippen LogP contribution >= 0.6 is 15.9 Å². The summed E-state index contributed by atoms with van der Waals surface area (Å²) in [5, 5.41) is 3.17. The van der Waals surface area contributed by atoms with E-state index < -0.39 is 0 Å². The number of hydrogen-bond donors (Lipinski definition) is 1. The number of amides is 1. The molecule has 1 aromatic rings. The molecule has 3 saturated carbocycles. The standard InChI is InChI=1S/C17H19BrFNO/c18-15-5-4-10(19)8-14(15)17(21)20-16-7-9-6-13(16)12-3-1-2-11(9)12/h4-5,8-9,11-13,16H,1-3,6-7H2,(H,20,21). The fourth-order valence-electron chi connectivity index (χ4n) is 5.15. The minimum atomic E-state index is -0.368. The van der Waals surface area contributed by atoms with Gasteiger partial charge in [-0.1, -0.05) is 6.42 Å². The zero-order valence-electron chi connectivity index (χ0n) is 11.8. The zero-order chi connectivity index (χ0) is 14.6. The summed E-state index contributed by atoms with van der Waals surface area (Å²) in [5.74, 6) is 2.69. The second kappa shape index (κ2) is 5.08. The Labute approximate surface area is 132 Å². The summed E-state index contributed by atoms with van der Waals surface area (Å²) < 4.78 is 14.0. The number of carbonyl (C=O) groups is 1. The maximum absolute atomic E-state index is 13.3. The Hall–Kier alpha value is -0.900. The van der Waals surface area contributed by atoms with Crippen molar-refractivity contribution in [1.82, 2.24) is 5.32 Å². The van der Waals surface area contributed by atoms with E-state index in [1.165, 1.54) is 37.8 Å². The van der Waals surface area contributed by atoms with Crippen LogP contribution in [0.2, 0.25) is 0 Å². The molecule has 2 nitrogen and oxygen atoms in total. The zero-order valence-corrected chi connectivity index (χ0v) is 13.4. The Balaban J connectivity index is 1.50. The van der Waals surface area contributed by atoms with Crippen LogP contribution in [0.1, 0.15) is 42.5 Å². The molecule has 4 rings (SSSR count). The lowest BCUT2D eigenvalue weighted by Gasteiger charge is -2.32. The monoisotopic (exact) mass is 351 g/mol. The van der Waals surface area contributed by atoms with Gasteiger partial charge in [0.05, 0.1) is 5.56 Å². The van der Waals surface area contributed by atoms with E-state index in [4.69, 9.17) is 0 Å². The summed E-state index contributed by atoms with van der Waals surface area (Å²) in [6.45, 7) is 0. The molecule has 0 radical (unpaired) electrons. The predicted molar refractivity (Wildman–Crippen MR) is 82.4 cm³/mol. The molecule has 3 aliphatic rings. The van der Waals surface area contributed by atoms with Gasteiger partial charge in [0, 0.05) is 10.5 Å². The predicted octanol–water partition coefficient (Wildman–Crippen LogP) is 4.14. The van der Waals surface area contributed by atoms with E-state index in [-0.39, 0.29) is 17.8 Å². The lowest BCUT2D eigenvalue weighted by atomic mass is 9.79. The molecule has 5 atom stereocenters. The average Bonchev–Trinajstić information content (AvgIpc) is 3.13. The Morgan fingerprint density at radius 1 is 1.19 bits per heavy atom. The first-order chi connectivity index (χ1) is 10.1. The SMILES string of the molecule is O=C(NC1CC2CC1C1CCCC21)c1cc(F)ccc1Br. The summed E-state index contributed by atoms with van der Waals surface area (Å²) in [6.07, 6.45) is 6.48. The molecule has 0 saturated heterocycles. The van der Waals surface area contributed by atoms with Gasteiger partial charge < -0.3 is 5.32 Å². The summed E-state index contributed by atoms with van der Waals surface area (Å²) in [6, 6.07) is 4.56. The van der Waals surface area contributed by atoms with Crippen molar-refractivity contribution in [3.63, 3.8) is 0 Å². The van der Waals surface area contributed by atoms with E-state index in [0.717, 1.165) is 24.2 Å². The quantitative estimate of drug-likeness (QED) is 0.852. The highest BCUT2D eigenvalue weighted by molar-refractivity contribution is 9.10. The molecular formula is C17H19BrFNO. The largest absolute Gasteiger partial charge is 0.349 e. The van der Waals surface area contributed by atoms with Crippen LogP contribution in [0, 0.1) is 29.5 Å². The summed E-state index contributed by atoms with van der Waals surface area (Å²) in [7, 11) is 0. The number of benzene rings is 1. The lowest BCUT2D eigenvalue weighted by Crippen LogP contribution is -2.42. The molecule has 1 aromatic carbocycles. The molecule has 1 N–H and O–H groups in total. The maximum Gasteiger partial charge on any atom is 0.252 e. The number of rotatable bonds is 2. The minimum absolute atomic E-state index is 0.145. The van der Waals surface area contributed by atoms with Crippen LogP contribution in [0.4, 0.5) is 4.39 Å². The van der Waals surface area contributed by atoms with Gasteiger partial charge in [-0.25, -0.2) is 4.39 Å². The summed E-state index contributed by atoms with van der Waals surface area (Å²) >= 11 is 3.34. The van der Waals surface area contributed by atoms with Gasteiger partial charge in [-0.2, -0.15) is 0 Å². The molecule has 2 bridgehead atoms. The molecule has 0 aromatic heterocycles. The van der Waals surface area contributed by atoms with Gasteiger partial charge in [-0.15, -0.1) is 0 Å². The third kappa shape index (κ3) is 2.23. The van der Waals surface area contributed by atoms with Crippen molar-refractivity contribution in [2.24, 2.45) is 23.7 Å². The van der Waals surface area contributed by atoms with Gasteiger partial charge in [0.25, 0.3) is 5.91 Å². The van der Waals surface area contributed by atoms with Gasteiger partial charge >= 0.3 is 0 Å². The second-order valence-corrected chi connectivity index (χ2v) is 7.71. The molecule has 21 heavy (non-hydrogen) atoms. The fraction of sp³-hybridized carbons (Fsp3) is 0.588. The van der Waals surface area contributed by atoms with Crippen LogP contribution < -0.4 is 5.32 Å². The third-order valence-electron chi connectivity index (χ3n) is 5.92. The smallest absolute Gasteiger partial charge is 0.252 e. The van der Waals surface area contributed by atoms with E-state index in [1.54, 1.807) is 6.07 Å². The van der Waals surface area contributed by atoms with Crippen molar-refractivity contribution in [2.45, 2.75) is 38.1 Å². The highest BCUT2D eigenvalue weighted by atomic mass is 79.9. The van der Waals surface area contributed by atoms with E-state index in [1.807, 2.05) is 0 Å². The third-order valence-corrected chi connectivity index (χ3v) is 6.61. The molecule has 0 spiro atoms. The molecular weight excluding hydrogens is 333 g/mol. The molecule has 0 aliphatic heterocycles. The molecule has 112 valence electrons. The van der Waals surface area contributed by atoms with Gasteiger partial charge in [-0.3, -0.25) is 4.79 Å². The lowest BCUT2D eigenvalue weighted by molar-refractivity contribution is 0.0900. The number of fused-ring (bicyclic) bond motifs is 5. The Morgan fingerprint density at radius 2 is 2.00 bits per heavy atom. The number of carbonyl (C=O) groups excluding carboxylic acids is 1. The van der Waals surface area contributed by atoms with E-state index in [9.17, 15) is 9.18 Å². The molecule has 1 amide bonds. The molecule has 3 fully saturated rings. The Kier molecular flexibility index (Phi) is 3.32. The van der Waals surface area contributed by atoms with Gasteiger partial charge in [0.2, 0.25) is 0 Å². The van der Waals surface area contributed by atoms with Crippen LogP contribution in [0.15, 0.2) is 22.7 Å². The Morgan fingerprint density at radius 3 is 2.86 bits per heavy atom. The first kappa shape index (κ1) is 13.7. The first-order valence-electron chi connectivity index (χ1n) is 7.89. The van der Waals surface area contributed by atoms with Crippen LogP contribution in [0.3, 0.4) is 0 Å². The molecule has 0 heterocycles. The van der Waals surface area contributed by atoms with Gasteiger partial charge in [0.1, 0.15) is 5.82 Å². The minimum Gasteiger partial charge on any atom is -0.349 e. The van der Waals surface area contributed by atoms with Crippen LogP contribution in [0.5, 0.6) is 0 Å². The maximum atomic E-state index is 13.3. The number of hydrogen-bond acceptors (Lipinski definition) is 1. The highest BCUT2D eigenvalue weighted by Crippen LogP contribution is 2.58. The topological polar surface area (TPSA) is 29.1 Å². The number of halogens is 2.